The number of amides is 1. The van der Waals surface area contributed by atoms with Gasteiger partial charge in [0.15, 0.2) is 0 Å². The molecule has 0 saturated carbocycles. The molecule has 0 aliphatic carbocycles. The van der Waals surface area contributed by atoms with Gasteiger partial charge >= 0.3 is 5.97 Å². The summed E-state index contributed by atoms with van der Waals surface area (Å²) in [6.07, 6.45) is 29.3. The molecule has 0 unspecified atom stereocenters. The Bertz CT molecular complexity index is 638. The molecule has 0 bridgehead atoms. The number of rotatable bonds is 33. The van der Waals surface area contributed by atoms with Crippen molar-refractivity contribution in [2.75, 3.05) is 67.5 Å². The third-order valence-corrected chi connectivity index (χ3v) is 9.52. The van der Waals surface area contributed by atoms with Crippen LogP contribution >= 0.6 is 0 Å². The zero-order chi connectivity index (χ0) is 32.9. The number of carbonyl (C=O) groups is 2. The molecule has 0 aromatic heterocycles. The Labute approximate surface area is 275 Å². The first kappa shape index (κ1) is 42.9. The lowest BCUT2D eigenvalue weighted by molar-refractivity contribution is -0.891. The molecule has 0 aliphatic rings. The number of hydrogen-bond acceptors (Lipinski definition) is 2. The van der Waals surface area contributed by atoms with E-state index in [1.807, 2.05) is 4.90 Å². The Morgan fingerprint density at radius 3 is 1.07 bits per heavy atom. The van der Waals surface area contributed by atoms with Crippen LogP contribution in [0.25, 0.3) is 0 Å². The first-order valence-electron chi connectivity index (χ1n) is 19.2. The van der Waals surface area contributed by atoms with Crippen molar-refractivity contribution in [3.05, 3.63) is 0 Å². The van der Waals surface area contributed by atoms with Gasteiger partial charge in [-0.15, -0.1) is 0 Å². The summed E-state index contributed by atoms with van der Waals surface area (Å²) < 4.78 is 1.99. The van der Waals surface area contributed by atoms with Crippen LogP contribution in [0.15, 0.2) is 0 Å². The summed E-state index contributed by atoms with van der Waals surface area (Å²) >= 11 is 0. The number of unbranched alkanes of at least 4 members (excludes halogenated alkanes) is 18. The van der Waals surface area contributed by atoms with E-state index in [0.29, 0.717) is 0 Å². The molecule has 262 valence electrons. The fourth-order valence-electron chi connectivity index (χ4n) is 6.39. The van der Waals surface area contributed by atoms with Crippen molar-refractivity contribution in [3.8, 4) is 0 Å². The molecule has 0 aliphatic heterocycles. The third-order valence-electron chi connectivity index (χ3n) is 9.52. The predicted molar refractivity (Wildman–Crippen MR) is 190 cm³/mol. The Morgan fingerprint density at radius 2 is 0.750 bits per heavy atom. The molecule has 0 fully saturated rings. The zero-order valence-corrected chi connectivity index (χ0v) is 30.8. The normalized spacial score (nSPS) is 12.1. The molecular weight excluding hydrogens is 546 g/mol. The van der Waals surface area contributed by atoms with Crippen molar-refractivity contribution >= 4 is 11.9 Å². The molecule has 6 nitrogen and oxygen atoms in total. The third kappa shape index (κ3) is 28.3. The number of carboxylic acid groups (broad SMARTS) is 1. The molecule has 1 amide bonds. The second-order valence-corrected chi connectivity index (χ2v) is 15.1. The number of quaternary nitrogens is 2. The Morgan fingerprint density at radius 1 is 0.455 bits per heavy atom. The van der Waals surface area contributed by atoms with Gasteiger partial charge in [0.05, 0.1) is 60.8 Å². The molecule has 1 N–H and O–H groups in total. The first-order chi connectivity index (χ1) is 21.0. The SMILES string of the molecule is CCCCCCCCCCCC[N+](C)(C)CCCN(CCC[N+](C)(C)CCCCCCCCCCCC)C(=O)CCC(=O)O. The molecule has 0 rings (SSSR count). The maximum Gasteiger partial charge on any atom is 0.303 e. The highest BCUT2D eigenvalue weighted by Gasteiger charge is 2.20. The molecule has 0 saturated heterocycles. The van der Waals surface area contributed by atoms with Gasteiger partial charge in [-0.2, -0.15) is 0 Å². The van der Waals surface area contributed by atoms with Gasteiger partial charge in [0.1, 0.15) is 0 Å². The standard InChI is InChI=1S/C38H78N3O3/c1-7-9-11-13-15-17-19-21-23-25-33-40(3,4)35-27-31-39(37(42)29-30-38(43)44)32-28-36-41(5,6)34-26-24-22-20-18-16-14-12-10-8-2/h7-36H2,1-6H3/q+1/p+1. The minimum atomic E-state index is -0.887. The molecule has 0 heterocycles. The molecule has 0 radical (unpaired) electrons. The van der Waals surface area contributed by atoms with E-state index in [9.17, 15) is 9.59 Å². The fourth-order valence-corrected chi connectivity index (χ4v) is 6.39. The van der Waals surface area contributed by atoms with Crippen molar-refractivity contribution < 1.29 is 23.7 Å². The van der Waals surface area contributed by atoms with E-state index in [2.05, 4.69) is 42.0 Å². The van der Waals surface area contributed by atoms with Gasteiger partial charge in [-0.1, -0.05) is 117 Å². The van der Waals surface area contributed by atoms with Gasteiger partial charge in [0.25, 0.3) is 0 Å². The summed E-state index contributed by atoms with van der Waals surface area (Å²) in [6.45, 7) is 10.5. The van der Waals surface area contributed by atoms with Crippen molar-refractivity contribution in [2.24, 2.45) is 0 Å². The van der Waals surface area contributed by atoms with E-state index in [-0.39, 0.29) is 18.7 Å². The lowest BCUT2D eigenvalue weighted by Crippen LogP contribution is -2.44. The van der Waals surface area contributed by atoms with Gasteiger partial charge < -0.3 is 19.0 Å². The largest absolute Gasteiger partial charge is 0.481 e. The highest BCUT2D eigenvalue weighted by molar-refractivity contribution is 5.80. The second kappa shape index (κ2) is 28.1. The van der Waals surface area contributed by atoms with E-state index < -0.39 is 5.97 Å². The van der Waals surface area contributed by atoms with Crippen LogP contribution in [-0.4, -0.2) is 98.3 Å². The topological polar surface area (TPSA) is 57.6 Å². The van der Waals surface area contributed by atoms with Crippen molar-refractivity contribution in [3.63, 3.8) is 0 Å². The van der Waals surface area contributed by atoms with Crippen LogP contribution in [-0.2, 0) is 9.59 Å². The minimum absolute atomic E-state index is 0.00685. The Balaban J connectivity index is 4.33. The number of carboxylic acids is 1. The lowest BCUT2D eigenvalue weighted by Gasteiger charge is -2.33. The molecule has 0 spiro atoms. The van der Waals surface area contributed by atoms with Gasteiger partial charge in [0, 0.05) is 32.4 Å². The summed E-state index contributed by atoms with van der Waals surface area (Å²) in [4.78, 5) is 26.0. The summed E-state index contributed by atoms with van der Waals surface area (Å²) in [5.41, 5.74) is 0. The zero-order valence-electron chi connectivity index (χ0n) is 30.8. The number of carbonyl (C=O) groups excluding carboxylic acids is 1. The maximum atomic E-state index is 13.0. The molecule has 44 heavy (non-hydrogen) atoms. The van der Waals surface area contributed by atoms with E-state index in [1.54, 1.807) is 0 Å². The van der Waals surface area contributed by atoms with Crippen LogP contribution in [0.1, 0.15) is 168 Å². The Kier molecular flexibility index (Phi) is 27.4. The first-order valence-corrected chi connectivity index (χ1v) is 19.2. The van der Waals surface area contributed by atoms with Crippen molar-refractivity contribution in [1.82, 2.24) is 4.90 Å². The molecule has 0 aromatic carbocycles. The number of nitrogens with zero attached hydrogens (tertiary/aromatic N) is 3. The van der Waals surface area contributed by atoms with E-state index in [0.717, 1.165) is 48.0 Å². The van der Waals surface area contributed by atoms with Gasteiger partial charge in [-0.05, 0) is 25.7 Å². The maximum absolute atomic E-state index is 13.0. The van der Waals surface area contributed by atoms with Gasteiger partial charge in [-0.25, -0.2) is 0 Å². The summed E-state index contributed by atoms with van der Waals surface area (Å²) in [5.74, 6) is -0.880. The predicted octanol–water partition coefficient (Wildman–Crippen LogP) is 9.45. The lowest BCUT2D eigenvalue weighted by atomic mass is 10.1. The van der Waals surface area contributed by atoms with Gasteiger partial charge in [-0.3, -0.25) is 9.59 Å². The Hall–Kier alpha value is -1.14. The highest BCUT2D eigenvalue weighted by atomic mass is 16.4. The van der Waals surface area contributed by atoms with Crippen LogP contribution in [0.4, 0.5) is 0 Å². The quantitative estimate of drug-likeness (QED) is 0.0584. The van der Waals surface area contributed by atoms with E-state index in [4.69, 9.17) is 5.11 Å². The monoisotopic (exact) mass is 626 g/mol. The average molecular weight is 626 g/mol. The van der Waals surface area contributed by atoms with Crippen molar-refractivity contribution in [1.29, 1.82) is 0 Å². The molecule has 0 atom stereocenters. The van der Waals surface area contributed by atoms with E-state index >= 15 is 0 Å². The van der Waals surface area contributed by atoms with Crippen LogP contribution in [0.3, 0.4) is 0 Å². The average Bonchev–Trinajstić information content (AvgIpc) is 2.96. The van der Waals surface area contributed by atoms with Crippen LogP contribution < -0.4 is 0 Å². The number of aliphatic carboxylic acids is 1. The highest BCUT2D eigenvalue weighted by Crippen LogP contribution is 2.14. The van der Waals surface area contributed by atoms with Crippen molar-refractivity contribution in [2.45, 2.75) is 168 Å². The minimum Gasteiger partial charge on any atom is -0.481 e. The summed E-state index contributed by atoms with van der Waals surface area (Å²) in [7, 11) is 9.27. The van der Waals surface area contributed by atoms with E-state index in [1.165, 1.54) is 142 Å². The van der Waals surface area contributed by atoms with Crippen LogP contribution in [0, 0.1) is 0 Å². The fraction of sp³-hybridized carbons (Fsp3) is 0.947. The molecule has 0 aromatic rings. The van der Waals surface area contributed by atoms with Crippen LogP contribution in [0.2, 0.25) is 0 Å². The van der Waals surface area contributed by atoms with Crippen LogP contribution in [0.5, 0.6) is 0 Å². The second-order valence-electron chi connectivity index (χ2n) is 15.1. The summed E-state index contributed by atoms with van der Waals surface area (Å²) in [5, 5.41) is 9.12. The molecular formula is C38H79N3O3+2. The summed E-state index contributed by atoms with van der Waals surface area (Å²) in [6, 6.07) is 0. The smallest absolute Gasteiger partial charge is 0.303 e. The van der Waals surface area contributed by atoms with Gasteiger partial charge in [0.2, 0.25) is 5.91 Å². The number of hydrogen-bond donors (Lipinski definition) is 1. The molecule has 6 heteroatoms.